The molecule has 0 saturated heterocycles. The number of nitrogens with one attached hydrogen (secondary N) is 1. The molecule has 0 atom stereocenters. The number of aromatic nitrogens is 1. The SMILES string of the molecule is N#C/C(NN)=C(/N)c1cccc(COc2nc(-c3ccccc3)cs2)c1. The number of nitrogens with zero attached hydrogens (tertiary/aromatic N) is 2. The van der Waals surface area contributed by atoms with E-state index in [0.29, 0.717) is 17.4 Å². The molecule has 130 valence electrons. The minimum Gasteiger partial charge on any atom is -0.465 e. The van der Waals surface area contributed by atoms with E-state index < -0.39 is 0 Å². The molecular weight excluding hydrogens is 346 g/mol. The van der Waals surface area contributed by atoms with Gasteiger partial charge in [-0.1, -0.05) is 59.9 Å². The van der Waals surface area contributed by atoms with Crippen LogP contribution < -0.4 is 21.7 Å². The molecule has 0 unspecified atom stereocenters. The predicted octanol–water partition coefficient (Wildman–Crippen LogP) is 3.00. The van der Waals surface area contributed by atoms with E-state index in [0.717, 1.165) is 16.8 Å². The van der Waals surface area contributed by atoms with Crippen LogP contribution in [0.5, 0.6) is 5.19 Å². The zero-order valence-electron chi connectivity index (χ0n) is 13.8. The third-order valence-corrected chi connectivity index (χ3v) is 4.43. The standard InChI is InChI=1S/C19H17N5OS/c20-10-16(24-22)18(21)15-8-4-5-13(9-15)11-25-19-23-17(12-26-19)14-6-2-1-3-7-14/h1-9,12,24H,11,21-22H2/b18-16-. The molecule has 2 aromatic carbocycles. The molecule has 1 heterocycles. The number of hydrazine groups is 1. The summed E-state index contributed by atoms with van der Waals surface area (Å²) in [5.74, 6) is 5.30. The number of benzene rings is 2. The van der Waals surface area contributed by atoms with Crippen molar-refractivity contribution in [2.45, 2.75) is 6.61 Å². The Hall–Kier alpha value is -3.34. The van der Waals surface area contributed by atoms with Crippen LogP contribution in [0.3, 0.4) is 0 Å². The summed E-state index contributed by atoms with van der Waals surface area (Å²) in [5, 5.41) is 11.6. The lowest BCUT2D eigenvalue weighted by Crippen LogP contribution is -2.23. The van der Waals surface area contributed by atoms with Gasteiger partial charge in [-0.2, -0.15) is 5.26 Å². The zero-order valence-corrected chi connectivity index (χ0v) is 14.7. The molecule has 0 aliphatic heterocycles. The maximum Gasteiger partial charge on any atom is 0.274 e. The molecule has 26 heavy (non-hydrogen) atoms. The summed E-state index contributed by atoms with van der Waals surface area (Å²) in [6, 6.07) is 19.3. The average molecular weight is 363 g/mol. The monoisotopic (exact) mass is 363 g/mol. The molecular formula is C19H17N5OS. The minimum absolute atomic E-state index is 0.121. The predicted molar refractivity (Wildman–Crippen MR) is 102 cm³/mol. The van der Waals surface area contributed by atoms with Gasteiger partial charge in [0.2, 0.25) is 0 Å². The summed E-state index contributed by atoms with van der Waals surface area (Å²) in [6.07, 6.45) is 0. The number of thiazole rings is 1. The largest absolute Gasteiger partial charge is 0.465 e. The van der Waals surface area contributed by atoms with Gasteiger partial charge in [-0.15, -0.1) is 0 Å². The van der Waals surface area contributed by atoms with Gasteiger partial charge in [-0.3, -0.25) is 0 Å². The zero-order chi connectivity index (χ0) is 18.4. The first-order chi connectivity index (χ1) is 12.7. The number of ether oxygens (including phenoxy) is 1. The highest BCUT2D eigenvalue weighted by Crippen LogP contribution is 2.27. The van der Waals surface area contributed by atoms with Crippen LogP contribution in [0.15, 0.2) is 65.7 Å². The van der Waals surface area contributed by atoms with Crippen LogP contribution in [0.2, 0.25) is 0 Å². The molecule has 0 spiro atoms. The lowest BCUT2D eigenvalue weighted by molar-refractivity contribution is 0.305. The maximum absolute atomic E-state index is 9.01. The molecule has 7 heteroatoms. The van der Waals surface area contributed by atoms with Crippen molar-refractivity contribution < 1.29 is 4.74 Å². The fraction of sp³-hybridized carbons (Fsp3) is 0.0526. The number of allylic oxidation sites excluding steroid dienone is 1. The second-order valence-corrected chi connectivity index (χ2v) is 6.22. The molecule has 1 aromatic heterocycles. The lowest BCUT2D eigenvalue weighted by atomic mass is 10.1. The van der Waals surface area contributed by atoms with Gasteiger partial charge in [0.1, 0.15) is 12.7 Å². The Morgan fingerprint density at radius 3 is 2.73 bits per heavy atom. The second kappa shape index (κ2) is 8.16. The van der Waals surface area contributed by atoms with Crippen molar-refractivity contribution in [3.8, 4) is 22.5 Å². The third-order valence-electron chi connectivity index (χ3n) is 3.68. The Labute approximate surface area is 155 Å². The van der Waals surface area contributed by atoms with Crippen LogP contribution in [0.1, 0.15) is 11.1 Å². The first-order valence-electron chi connectivity index (χ1n) is 7.81. The van der Waals surface area contributed by atoms with Crippen LogP contribution in [-0.2, 0) is 6.61 Å². The first kappa shape index (κ1) is 17.5. The van der Waals surface area contributed by atoms with Crippen molar-refractivity contribution in [1.29, 1.82) is 5.26 Å². The second-order valence-electron chi connectivity index (χ2n) is 5.40. The third kappa shape index (κ3) is 4.00. The number of nitriles is 1. The highest BCUT2D eigenvalue weighted by atomic mass is 32.1. The fourth-order valence-electron chi connectivity index (χ4n) is 2.35. The van der Waals surface area contributed by atoms with Gasteiger partial charge in [-0.25, -0.2) is 10.8 Å². The number of rotatable bonds is 6. The van der Waals surface area contributed by atoms with E-state index in [2.05, 4.69) is 10.4 Å². The van der Waals surface area contributed by atoms with E-state index in [1.807, 2.05) is 66.0 Å². The summed E-state index contributed by atoms with van der Waals surface area (Å²) in [7, 11) is 0. The summed E-state index contributed by atoms with van der Waals surface area (Å²) in [4.78, 5) is 4.50. The Bertz CT molecular complexity index is 959. The molecule has 0 fully saturated rings. The fourth-order valence-corrected chi connectivity index (χ4v) is 3.03. The highest BCUT2D eigenvalue weighted by Gasteiger charge is 2.08. The average Bonchev–Trinajstić information content (AvgIpc) is 3.17. The van der Waals surface area contributed by atoms with Crippen molar-refractivity contribution in [2.75, 3.05) is 0 Å². The maximum atomic E-state index is 9.01. The molecule has 0 saturated carbocycles. The highest BCUT2D eigenvalue weighted by molar-refractivity contribution is 7.11. The van der Waals surface area contributed by atoms with E-state index in [4.69, 9.17) is 21.6 Å². The van der Waals surface area contributed by atoms with Crippen molar-refractivity contribution in [1.82, 2.24) is 10.4 Å². The molecule has 0 aliphatic carbocycles. The number of nitrogens with two attached hydrogens (primary N) is 2. The Balaban J connectivity index is 1.71. The Morgan fingerprint density at radius 1 is 1.19 bits per heavy atom. The number of hydrogen-bond acceptors (Lipinski definition) is 7. The van der Waals surface area contributed by atoms with E-state index in [9.17, 15) is 0 Å². The van der Waals surface area contributed by atoms with Crippen LogP contribution in [0, 0.1) is 11.3 Å². The summed E-state index contributed by atoms with van der Waals surface area (Å²) in [5.41, 5.74) is 12.2. The molecule has 3 rings (SSSR count). The molecule has 0 aliphatic rings. The normalized spacial score (nSPS) is 11.4. The van der Waals surface area contributed by atoms with E-state index in [-0.39, 0.29) is 11.4 Å². The molecule has 5 N–H and O–H groups in total. The van der Waals surface area contributed by atoms with Crippen LogP contribution >= 0.6 is 11.3 Å². The lowest BCUT2D eigenvalue weighted by Gasteiger charge is -2.08. The Morgan fingerprint density at radius 2 is 2.00 bits per heavy atom. The van der Waals surface area contributed by atoms with Gasteiger partial charge in [0.05, 0.1) is 11.4 Å². The smallest absolute Gasteiger partial charge is 0.274 e. The van der Waals surface area contributed by atoms with Crippen molar-refractivity contribution in [2.24, 2.45) is 11.6 Å². The number of hydrogen-bond donors (Lipinski definition) is 3. The van der Waals surface area contributed by atoms with E-state index in [1.165, 1.54) is 11.3 Å². The van der Waals surface area contributed by atoms with Crippen molar-refractivity contribution in [3.63, 3.8) is 0 Å². The molecule has 3 aromatic rings. The van der Waals surface area contributed by atoms with Crippen LogP contribution in [0.25, 0.3) is 17.0 Å². The van der Waals surface area contributed by atoms with Gasteiger partial charge >= 0.3 is 0 Å². The van der Waals surface area contributed by atoms with E-state index >= 15 is 0 Å². The van der Waals surface area contributed by atoms with Gasteiger partial charge < -0.3 is 15.9 Å². The summed E-state index contributed by atoms with van der Waals surface area (Å²) >= 11 is 1.45. The van der Waals surface area contributed by atoms with Gasteiger partial charge in [0.15, 0.2) is 5.70 Å². The summed E-state index contributed by atoms with van der Waals surface area (Å²) < 4.78 is 5.79. The quantitative estimate of drug-likeness (QED) is 0.353. The summed E-state index contributed by atoms with van der Waals surface area (Å²) in [6.45, 7) is 0.348. The molecule has 0 bridgehead atoms. The van der Waals surface area contributed by atoms with Crippen LogP contribution in [-0.4, -0.2) is 4.98 Å². The van der Waals surface area contributed by atoms with Gasteiger partial charge in [0, 0.05) is 16.5 Å². The van der Waals surface area contributed by atoms with Crippen molar-refractivity contribution >= 4 is 17.0 Å². The minimum atomic E-state index is 0.121. The molecule has 0 amide bonds. The van der Waals surface area contributed by atoms with Crippen LogP contribution in [0.4, 0.5) is 0 Å². The topological polar surface area (TPSA) is 110 Å². The van der Waals surface area contributed by atoms with Gasteiger partial charge in [0.25, 0.3) is 5.19 Å². The van der Waals surface area contributed by atoms with E-state index in [1.54, 1.807) is 0 Å². The van der Waals surface area contributed by atoms with Crippen molar-refractivity contribution in [3.05, 3.63) is 76.8 Å². The molecule has 0 radical (unpaired) electrons. The Kier molecular flexibility index (Phi) is 5.49. The first-order valence-corrected chi connectivity index (χ1v) is 8.68. The molecule has 6 nitrogen and oxygen atoms in total. The van der Waals surface area contributed by atoms with Gasteiger partial charge in [-0.05, 0) is 11.6 Å².